The third-order valence-electron chi connectivity index (χ3n) is 5.10. The van der Waals surface area contributed by atoms with E-state index in [2.05, 4.69) is 29.7 Å². The second kappa shape index (κ2) is 9.91. The molecule has 2 aromatic heterocycles. The van der Waals surface area contributed by atoms with Crippen LogP contribution in [0.2, 0.25) is 0 Å². The molecule has 3 aromatic rings. The molecule has 0 bridgehead atoms. The van der Waals surface area contributed by atoms with Crippen molar-refractivity contribution >= 4 is 17.3 Å². The summed E-state index contributed by atoms with van der Waals surface area (Å²) in [5.74, 6) is 0.684. The smallest absolute Gasteiger partial charge is 0.191 e. The Hall–Kier alpha value is -2.64. The Kier molecular flexibility index (Phi) is 7.29. The molecule has 0 radical (unpaired) electrons. The van der Waals surface area contributed by atoms with Gasteiger partial charge in [0.2, 0.25) is 0 Å². The zero-order valence-electron chi connectivity index (χ0n) is 18.1. The molecule has 2 heterocycles. The number of rotatable bonds is 8. The monoisotopic (exact) mass is 425 g/mol. The number of benzene rings is 1. The lowest BCUT2D eigenvalue weighted by atomic mass is 10.1. The topological polar surface area (TPSA) is 74.5 Å². The highest BCUT2D eigenvalue weighted by molar-refractivity contribution is 7.10. The van der Waals surface area contributed by atoms with Crippen LogP contribution in [0.15, 0.2) is 52.8 Å². The van der Waals surface area contributed by atoms with Gasteiger partial charge >= 0.3 is 0 Å². The number of nitrogens with one attached hydrogen (secondary N) is 2. The second-order valence-corrected chi connectivity index (χ2v) is 8.54. The van der Waals surface area contributed by atoms with Crippen LogP contribution in [-0.4, -0.2) is 33.9 Å². The molecule has 7 heteroatoms. The molecule has 0 saturated carbocycles. The number of hydrogen-bond donors (Lipinski definition) is 3. The van der Waals surface area contributed by atoms with Crippen LogP contribution in [0.5, 0.6) is 0 Å². The Labute approximate surface area is 182 Å². The first-order chi connectivity index (χ1) is 14.4. The van der Waals surface area contributed by atoms with E-state index in [0.717, 1.165) is 34.9 Å². The van der Waals surface area contributed by atoms with Gasteiger partial charge in [-0.2, -0.15) is 5.10 Å². The summed E-state index contributed by atoms with van der Waals surface area (Å²) in [6, 6.07) is 14.2. The Morgan fingerprint density at radius 3 is 2.60 bits per heavy atom. The predicted octanol–water partition coefficient (Wildman–Crippen LogP) is 3.57. The summed E-state index contributed by atoms with van der Waals surface area (Å²) in [7, 11) is 0. The summed E-state index contributed by atoms with van der Waals surface area (Å²) in [5, 5.41) is 24.0. The van der Waals surface area contributed by atoms with E-state index in [4.69, 9.17) is 10.1 Å². The van der Waals surface area contributed by atoms with Crippen molar-refractivity contribution in [1.29, 1.82) is 0 Å². The summed E-state index contributed by atoms with van der Waals surface area (Å²) in [5.41, 5.74) is 3.53. The van der Waals surface area contributed by atoms with Crippen LogP contribution in [0, 0.1) is 13.8 Å². The van der Waals surface area contributed by atoms with Gasteiger partial charge in [-0.25, -0.2) is 4.99 Å². The molecule has 160 valence electrons. The molecule has 0 aliphatic heterocycles. The maximum Gasteiger partial charge on any atom is 0.191 e. The Morgan fingerprint density at radius 2 is 1.93 bits per heavy atom. The van der Waals surface area contributed by atoms with Crippen molar-refractivity contribution in [3.05, 3.63) is 75.2 Å². The van der Waals surface area contributed by atoms with E-state index < -0.39 is 5.60 Å². The van der Waals surface area contributed by atoms with Crippen molar-refractivity contribution in [2.45, 2.75) is 46.4 Å². The highest BCUT2D eigenvalue weighted by Gasteiger charge is 2.24. The van der Waals surface area contributed by atoms with Gasteiger partial charge in [0.15, 0.2) is 5.96 Å². The molecule has 1 atom stereocenters. The average molecular weight is 426 g/mol. The fraction of sp³-hybridized carbons (Fsp3) is 0.391. The van der Waals surface area contributed by atoms with E-state index in [-0.39, 0.29) is 0 Å². The summed E-state index contributed by atoms with van der Waals surface area (Å²) < 4.78 is 2.04. The summed E-state index contributed by atoms with van der Waals surface area (Å²) in [6.45, 7) is 10.4. The van der Waals surface area contributed by atoms with Crippen molar-refractivity contribution in [2.24, 2.45) is 4.99 Å². The van der Waals surface area contributed by atoms with Gasteiger partial charge in [0.25, 0.3) is 0 Å². The standard InChI is InChI=1S/C23H31N5OS/c1-5-24-22(26-16-23(4,29)21-12-9-13-30-21)25-14-20-17(2)27-28(18(20)3)15-19-10-7-6-8-11-19/h6-13,29H,5,14-16H2,1-4H3,(H2,24,25,26). The summed E-state index contributed by atoms with van der Waals surface area (Å²) in [4.78, 5) is 5.67. The van der Waals surface area contributed by atoms with Gasteiger partial charge in [-0.3, -0.25) is 4.68 Å². The van der Waals surface area contributed by atoms with Crippen molar-refractivity contribution in [3.8, 4) is 0 Å². The molecule has 0 amide bonds. The van der Waals surface area contributed by atoms with E-state index in [9.17, 15) is 5.11 Å². The minimum Gasteiger partial charge on any atom is -0.383 e. The first-order valence-corrected chi connectivity index (χ1v) is 11.1. The van der Waals surface area contributed by atoms with E-state index in [0.29, 0.717) is 19.0 Å². The Balaban J connectivity index is 1.70. The number of aryl methyl sites for hydroxylation is 1. The zero-order chi connectivity index (χ0) is 21.6. The first-order valence-electron chi connectivity index (χ1n) is 10.3. The van der Waals surface area contributed by atoms with Crippen molar-refractivity contribution in [3.63, 3.8) is 0 Å². The first kappa shape index (κ1) is 22.1. The number of aliphatic hydroxyl groups is 1. The van der Waals surface area contributed by atoms with Gasteiger partial charge in [-0.1, -0.05) is 36.4 Å². The molecule has 0 spiro atoms. The number of aliphatic imine (C=N–C) groups is 1. The largest absolute Gasteiger partial charge is 0.383 e. The molecule has 3 rings (SSSR count). The van der Waals surface area contributed by atoms with Crippen LogP contribution >= 0.6 is 11.3 Å². The molecule has 0 aliphatic carbocycles. The van der Waals surface area contributed by atoms with Gasteiger partial charge in [0.1, 0.15) is 5.60 Å². The molecular weight excluding hydrogens is 394 g/mol. The van der Waals surface area contributed by atoms with Crippen LogP contribution in [0.1, 0.15) is 41.2 Å². The number of hydrogen-bond acceptors (Lipinski definition) is 4. The third-order valence-corrected chi connectivity index (χ3v) is 6.22. The van der Waals surface area contributed by atoms with E-state index in [1.165, 1.54) is 5.56 Å². The summed E-state index contributed by atoms with van der Waals surface area (Å²) >= 11 is 1.55. The van der Waals surface area contributed by atoms with Gasteiger partial charge < -0.3 is 15.7 Å². The van der Waals surface area contributed by atoms with Crippen molar-refractivity contribution in [2.75, 3.05) is 13.1 Å². The van der Waals surface area contributed by atoms with Gasteiger partial charge in [-0.05, 0) is 44.7 Å². The predicted molar refractivity (Wildman–Crippen MR) is 124 cm³/mol. The molecule has 3 N–H and O–H groups in total. The molecule has 0 saturated heterocycles. The minimum atomic E-state index is -0.948. The van der Waals surface area contributed by atoms with E-state index >= 15 is 0 Å². The molecule has 0 aliphatic rings. The van der Waals surface area contributed by atoms with Crippen LogP contribution in [0.3, 0.4) is 0 Å². The lowest BCUT2D eigenvalue weighted by molar-refractivity contribution is 0.0655. The number of guanidine groups is 1. The number of nitrogens with zero attached hydrogens (tertiary/aromatic N) is 3. The molecular formula is C23H31N5OS. The summed E-state index contributed by atoms with van der Waals surface area (Å²) in [6.07, 6.45) is 0. The molecule has 0 fully saturated rings. The van der Waals surface area contributed by atoms with Crippen LogP contribution < -0.4 is 10.6 Å². The van der Waals surface area contributed by atoms with Crippen molar-refractivity contribution < 1.29 is 5.11 Å². The van der Waals surface area contributed by atoms with Crippen molar-refractivity contribution in [1.82, 2.24) is 20.4 Å². The third kappa shape index (κ3) is 5.49. The fourth-order valence-electron chi connectivity index (χ4n) is 3.30. The fourth-order valence-corrected chi connectivity index (χ4v) is 4.09. The highest BCUT2D eigenvalue weighted by Crippen LogP contribution is 2.24. The van der Waals surface area contributed by atoms with E-state index in [1.807, 2.05) is 61.2 Å². The van der Waals surface area contributed by atoms with Crippen LogP contribution in [0.4, 0.5) is 0 Å². The highest BCUT2D eigenvalue weighted by atomic mass is 32.1. The SMILES string of the molecule is CCNC(=NCc1c(C)nn(Cc2ccccc2)c1C)NCC(C)(O)c1cccs1. The van der Waals surface area contributed by atoms with Gasteiger partial charge in [-0.15, -0.1) is 11.3 Å². The Bertz CT molecular complexity index is 961. The normalized spacial score (nSPS) is 13.8. The molecule has 30 heavy (non-hydrogen) atoms. The lowest BCUT2D eigenvalue weighted by Crippen LogP contribution is -2.44. The second-order valence-electron chi connectivity index (χ2n) is 7.59. The maximum absolute atomic E-state index is 10.8. The van der Waals surface area contributed by atoms with Crippen LogP contribution in [-0.2, 0) is 18.7 Å². The zero-order valence-corrected chi connectivity index (χ0v) is 19.0. The molecule has 6 nitrogen and oxygen atoms in total. The average Bonchev–Trinajstić information content (AvgIpc) is 3.35. The minimum absolute atomic E-state index is 0.380. The maximum atomic E-state index is 10.8. The van der Waals surface area contributed by atoms with E-state index in [1.54, 1.807) is 11.3 Å². The van der Waals surface area contributed by atoms with Crippen LogP contribution in [0.25, 0.3) is 0 Å². The number of thiophene rings is 1. The Morgan fingerprint density at radius 1 is 1.17 bits per heavy atom. The lowest BCUT2D eigenvalue weighted by Gasteiger charge is -2.23. The molecule has 1 aromatic carbocycles. The molecule has 1 unspecified atom stereocenters. The number of aromatic nitrogens is 2. The quantitative estimate of drug-likeness (QED) is 0.381. The van der Waals surface area contributed by atoms with Gasteiger partial charge in [0.05, 0.1) is 25.3 Å². The van der Waals surface area contributed by atoms with Gasteiger partial charge in [0, 0.05) is 22.7 Å².